The summed E-state index contributed by atoms with van der Waals surface area (Å²) < 4.78 is 24.3. The van der Waals surface area contributed by atoms with E-state index in [4.69, 9.17) is 21.1 Å². The minimum Gasteiger partial charge on any atom is -0.486 e. The molecule has 6 nitrogen and oxygen atoms in total. The van der Waals surface area contributed by atoms with Crippen molar-refractivity contribution in [3.63, 3.8) is 0 Å². The second-order valence-electron chi connectivity index (χ2n) is 6.03. The second-order valence-corrected chi connectivity index (χ2v) is 6.44. The van der Waals surface area contributed by atoms with Gasteiger partial charge in [0.05, 0.1) is 22.5 Å². The fourth-order valence-corrected chi connectivity index (χ4v) is 2.88. The molecule has 0 aliphatic carbocycles. The monoisotopic (exact) mass is 399 g/mol. The number of rotatable bonds is 4. The molecule has 3 aromatic rings. The van der Waals surface area contributed by atoms with Crippen LogP contribution in [0.3, 0.4) is 0 Å². The number of aromatic nitrogens is 1. The highest BCUT2D eigenvalue weighted by Crippen LogP contribution is 2.32. The first-order valence-electron chi connectivity index (χ1n) is 8.46. The highest BCUT2D eigenvalue weighted by Gasteiger charge is 2.14. The predicted molar refractivity (Wildman–Crippen MR) is 104 cm³/mol. The zero-order valence-corrected chi connectivity index (χ0v) is 15.3. The zero-order valence-electron chi connectivity index (χ0n) is 14.5. The summed E-state index contributed by atoms with van der Waals surface area (Å²) in [5.41, 5.74) is 2.08. The second kappa shape index (κ2) is 7.74. The number of carbonyl (C=O) groups excluding carboxylic acids is 1. The van der Waals surface area contributed by atoms with Crippen molar-refractivity contribution < 1.29 is 18.7 Å². The summed E-state index contributed by atoms with van der Waals surface area (Å²) in [7, 11) is 0. The van der Waals surface area contributed by atoms with Crippen molar-refractivity contribution in [3.8, 4) is 11.5 Å². The lowest BCUT2D eigenvalue weighted by Gasteiger charge is -2.19. The normalized spacial score (nSPS) is 12.4. The molecule has 0 saturated heterocycles. The van der Waals surface area contributed by atoms with Crippen LogP contribution in [0.25, 0.3) is 0 Å². The van der Waals surface area contributed by atoms with E-state index in [0.717, 1.165) is 0 Å². The smallest absolute Gasteiger partial charge is 0.257 e. The van der Waals surface area contributed by atoms with E-state index in [1.165, 1.54) is 18.3 Å². The lowest BCUT2D eigenvalue weighted by atomic mass is 10.2. The summed E-state index contributed by atoms with van der Waals surface area (Å²) >= 11 is 5.79. The first kappa shape index (κ1) is 18.1. The largest absolute Gasteiger partial charge is 0.486 e. The molecule has 0 spiro atoms. The molecule has 0 saturated carbocycles. The SMILES string of the molecule is O=C(Nc1ccc2c(c1)OCCO2)c1cncc(Nc2ccc(F)c(Cl)c2)c1. The molecule has 0 fully saturated rings. The molecule has 1 aliphatic heterocycles. The van der Waals surface area contributed by atoms with E-state index in [-0.39, 0.29) is 10.9 Å². The summed E-state index contributed by atoms with van der Waals surface area (Å²) in [5, 5.41) is 5.85. The Morgan fingerprint density at radius 3 is 2.57 bits per heavy atom. The lowest BCUT2D eigenvalue weighted by Crippen LogP contribution is -2.16. The summed E-state index contributed by atoms with van der Waals surface area (Å²) in [4.78, 5) is 16.6. The number of carbonyl (C=O) groups is 1. The summed E-state index contributed by atoms with van der Waals surface area (Å²) in [6, 6.07) is 11.1. The van der Waals surface area contributed by atoms with Crippen molar-refractivity contribution in [2.75, 3.05) is 23.8 Å². The van der Waals surface area contributed by atoms with Gasteiger partial charge in [0.2, 0.25) is 0 Å². The van der Waals surface area contributed by atoms with Crippen LogP contribution in [0, 0.1) is 5.82 Å². The van der Waals surface area contributed by atoms with Gasteiger partial charge in [0.1, 0.15) is 19.0 Å². The standard InChI is InChI=1S/C20H15ClFN3O3/c21-16-8-13(1-3-17(16)22)24-15-7-12(10-23-11-15)20(26)25-14-2-4-18-19(9-14)28-6-5-27-18/h1-4,7-11,24H,5-6H2,(H,25,26). The van der Waals surface area contributed by atoms with E-state index in [1.54, 1.807) is 36.5 Å². The van der Waals surface area contributed by atoms with E-state index >= 15 is 0 Å². The van der Waals surface area contributed by atoms with Crippen molar-refractivity contribution in [2.24, 2.45) is 0 Å². The fraction of sp³-hybridized carbons (Fsp3) is 0.100. The highest BCUT2D eigenvalue weighted by atomic mass is 35.5. The molecule has 2 heterocycles. The van der Waals surface area contributed by atoms with Crippen LogP contribution >= 0.6 is 11.6 Å². The minimum absolute atomic E-state index is 0.00506. The van der Waals surface area contributed by atoms with Gasteiger partial charge >= 0.3 is 0 Å². The molecular formula is C20H15ClFN3O3. The Morgan fingerprint density at radius 1 is 0.964 bits per heavy atom. The first-order chi connectivity index (χ1) is 13.6. The number of halogens is 2. The Hall–Kier alpha value is -3.32. The van der Waals surface area contributed by atoms with Crippen molar-refractivity contribution in [1.29, 1.82) is 0 Å². The van der Waals surface area contributed by atoms with Gasteiger partial charge in [-0.15, -0.1) is 0 Å². The molecule has 0 atom stereocenters. The van der Waals surface area contributed by atoms with Crippen LogP contribution in [0.15, 0.2) is 54.9 Å². The third-order valence-corrected chi connectivity index (χ3v) is 4.30. The quantitative estimate of drug-likeness (QED) is 0.668. The maximum absolute atomic E-state index is 13.3. The van der Waals surface area contributed by atoms with Gasteiger partial charge < -0.3 is 20.1 Å². The third-order valence-electron chi connectivity index (χ3n) is 4.01. The van der Waals surface area contributed by atoms with Gasteiger partial charge in [-0.05, 0) is 36.4 Å². The molecule has 2 N–H and O–H groups in total. The van der Waals surface area contributed by atoms with Crippen LogP contribution in [0.2, 0.25) is 5.02 Å². The Kier molecular flexibility index (Phi) is 4.99. The number of anilines is 3. The van der Waals surface area contributed by atoms with E-state index in [1.807, 2.05) is 0 Å². The summed E-state index contributed by atoms with van der Waals surface area (Å²) in [6.45, 7) is 0.971. The number of amides is 1. The number of ether oxygens (including phenoxy) is 2. The Morgan fingerprint density at radius 2 is 1.75 bits per heavy atom. The number of hydrogen-bond acceptors (Lipinski definition) is 5. The third kappa shape index (κ3) is 3.99. The molecule has 1 amide bonds. The number of nitrogens with one attached hydrogen (secondary N) is 2. The van der Waals surface area contributed by atoms with Gasteiger partial charge in [-0.25, -0.2) is 4.39 Å². The average molecular weight is 400 g/mol. The van der Waals surface area contributed by atoms with Crippen LogP contribution in [0.4, 0.5) is 21.5 Å². The molecule has 0 radical (unpaired) electrons. The van der Waals surface area contributed by atoms with Crippen molar-refractivity contribution in [1.82, 2.24) is 4.98 Å². The first-order valence-corrected chi connectivity index (χ1v) is 8.84. The molecule has 1 aliphatic rings. The van der Waals surface area contributed by atoms with Crippen LogP contribution in [0.1, 0.15) is 10.4 Å². The van der Waals surface area contributed by atoms with Gasteiger partial charge in [-0.3, -0.25) is 9.78 Å². The van der Waals surface area contributed by atoms with Gasteiger partial charge in [0, 0.05) is 23.6 Å². The zero-order chi connectivity index (χ0) is 19.5. The number of hydrogen-bond donors (Lipinski definition) is 2. The summed E-state index contributed by atoms with van der Waals surface area (Å²) in [6.07, 6.45) is 3.01. The number of fused-ring (bicyclic) bond motifs is 1. The minimum atomic E-state index is -0.502. The van der Waals surface area contributed by atoms with Crippen molar-refractivity contribution in [3.05, 3.63) is 71.3 Å². The van der Waals surface area contributed by atoms with Crippen LogP contribution in [-0.2, 0) is 0 Å². The van der Waals surface area contributed by atoms with E-state index in [9.17, 15) is 9.18 Å². The molecule has 0 bridgehead atoms. The maximum atomic E-state index is 13.3. The molecular weight excluding hydrogens is 385 g/mol. The van der Waals surface area contributed by atoms with Gasteiger partial charge in [-0.1, -0.05) is 11.6 Å². The van der Waals surface area contributed by atoms with Crippen molar-refractivity contribution in [2.45, 2.75) is 0 Å². The van der Waals surface area contributed by atoms with Crippen LogP contribution in [0.5, 0.6) is 11.5 Å². The lowest BCUT2D eigenvalue weighted by molar-refractivity contribution is 0.102. The van der Waals surface area contributed by atoms with E-state index < -0.39 is 5.82 Å². The van der Waals surface area contributed by atoms with Crippen molar-refractivity contribution >= 4 is 34.6 Å². The molecule has 1 aromatic heterocycles. The Labute approximate surface area is 165 Å². The van der Waals surface area contributed by atoms with E-state index in [0.29, 0.717) is 47.3 Å². The predicted octanol–water partition coefficient (Wildman–Crippen LogP) is 4.64. The Balaban J connectivity index is 1.49. The van der Waals surface area contributed by atoms with Gasteiger partial charge in [0.15, 0.2) is 11.5 Å². The fourth-order valence-electron chi connectivity index (χ4n) is 2.70. The van der Waals surface area contributed by atoms with Crippen LogP contribution < -0.4 is 20.1 Å². The molecule has 142 valence electrons. The van der Waals surface area contributed by atoms with Gasteiger partial charge in [0.25, 0.3) is 5.91 Å². The Bertz CT molecular complexity index is 1040. The number of nitrogens with zero attached hydrogens (tertiary/aromatic N) is 1. The maximum Gasteiger partial charge on any atom is 0.257 e. The average Bonchev–Trinajstić information content (AvgIpc) is 2.71. The van der Waals surface area contributed by atoms with Crippen LogP contribution in [-0.4, -0.2) is 24.1 Å². The molecule has 0 unspecified atom stereocenters. The van der Waals surface area contributed by atoms with Gasteiger partial charge in [-0.2, -0.15) is 0 Å². The summed E-state index contributed by atoms with van der Waals surface area (Å²) in [5.74, 6) is 0.406. The van der Waals surface area contributed by atoms with E-state index in [2.05, 4.69) is 15.6 Å². The number of pyridine rings is 1. The molecule has 4 rings (SSSR count). The topological polar surface area (TPSA) is 72.5 Å². The highest BCUT2D eigenvalue weighted by molar-refractivity contribution is 6.31. The molecule has 2 aromatic carbocycles. The number of benzene rings is 2. The molecule has 8 heteroatoms. The molecule has 28 heavy (non-hydrogen) atoms.